The van der Waals surface area contributed by atoms with Gasteiger partial charge in [0.1, 0.15) is 0 Å². The number of anilines is 1. The fraction of sp³-hybridized carbons (Fsp3) is 0.571. The third-order valence-electron chi connectivity index (χ3n) is 4.06. The third-order valence-corrected chi connectivity index (χ3v) is 4.06. The van der Waals surface area contributed by atoms with Crippen molar-refractivity contribution in [3.63, 3.8) is 0 Å². The molecule has 1 aliphatic rings. The van der Waals surface area contributed by atoms with E-state index in [-0.39, 0.29) is 23.1 Å². The van der Waals surface area contributed by atoms with Gasteiger partial charge >= 0.3 is 11.7 Å². The summed E-state index contributed by atoms with van der Waals surface area (Å²) in [5.41, 5.74) is -0.474. The summed E-state index contributed by atoms with van der Waals surface area (Å²) in [6, 6.07) is 1.18. The largest absolute Gasteiger partial charge is 0.478 e. The van der Waals surface area contributed by atoms with Gasteiger partial charge in [-0.1, -0.05) is 13.8 Å². The normalized spacial score (nSPS) is 25.3. The van der Waals surface area contributed by atoms with Gasteiger partial charge in [-0.15, -0.1) is 0 Å². The van der Waals surface area contributed by atoms with E-state index in [9.17, 15) is 14.9 Å². The second-order valence-electron chi connectivity index (χ2n) is 5.80. The summed E-state index contributed by atoms with van der Waals surface area (Å²) in [5, 5.41) is 23.1. The number of aromatic carboxylic acids is 1. The van der Waals surface area contributed by atoms with E-state index >= 15 is 0 Å². The van der Waals surface area contributed by atoms with Crippen LogP contribution in [0.2, 0.25) is 0 Å². The Morgan fingerprint density at radius 3 is 2.76 bits per heavy atom. The number of pyridine rings is 1. The van der Waals surface area contributed by atoms with Gasteiger partial charge in [0.15, 0.2) is 0 Å². The van der Waals surface area contributed by atoms with Crippen LogP contribution in [-0.4, -0.2) is 27.0 Å². The van der Waals surface area contributed by atoms with Crippen LogP contribution in [0, 0.1) is 22.0 Å². The molecular formula is C14H19N3O4. The fourth-order valence-electron chi connectivity index (χ4n) is 2.88. The number of aromatic nitrogens is 1. The van der Waals surface area contributed by atoms with Crippen molar-refractivity contribution in [1.29, 1.82) is 0 Å². The third kappa shape index (κ3) is 3.48. The van der Waals surface area contributed by atoms with Crippen molar-refractivity contribution >= 4 is 17.5 Å². The summed E-state index contributed by atoms with van der Waals surface area (Å²) in [6.07, 6.45) is 4.22. The Kier molecular flexibility index (Phi) is 4.40. The molecule has 0 saturated heterocycles. The average Bonchev–Trinajstić information content (AvgIpc) is 2.41. The molecule has 0 spiro atoms. The van der Waals surface area contributed by atoms with Crippen LogP contribution in [0.25, 0.3) is 0 Å². The highest BCUT2D eigenvalue weighted by molar-refractivity contribution is 5.88. The standard InChI is InChI=1S/C14H19N3O4/c1-8-3-4-11(9(2)5-8)16-13-12(17(20)21)6-10(7-15-13)14(18)19/h6-9,11H,3-5H2,1-2H3,(H,15,16)(H,18,19). The van der Waals surface area contributed by atoms with Crippen LogP contribution in [0.1, 0.15) is 43.5 Å². The number of nitro groups is 1. The first-order valence-electron chi connectivity index (χ1n) is 7.02. The van der Waals surface area contributed by atoms with Crippen molar-refractivity contribution in [2.75, 3.05) is 5.32 Å². The molecule has 0 bridgehead atoms. The highest BCUT2D eigenvalue weighted by Gasteiger charge is 2.28. The molecule has 21 heavy (non-hydrogen) atoms. The van der Waals surface area contributed by atoms with E-state index in [1.165, 1.54) is 0 Å². The van der Waals surface area contributed by atoms with E-state index < -0.39 is 10.9 Å². The van der Waals surface area contributed by atoms with Crippen LogP contribution in [0.5, 0.6) is 0 Å². The van der Waals surface area contributed by atoms with Gasteiger partial charge < -0.3 is 10.4 Å². The summed E-state index contributed by atoms with van der Waals surface area (Å²) in [5.74, 6) is -0.0156. The zero-order valence-electron chi connectivity index (χ0n) is 12.1. The second-order valence-corrected chi connectivity index (χ2v) is 5.80. The van der Waals surface area contributed by atoms with Gasteiger partial charge in [-0.3, -0.25) is 10.1 Å². The van der Waals surface area contributed by atoms with Crippen LogP contribution in [0.4, 0.5) is 11.5 Å². The van der Waals surface area contributed by atoms with E-state index in [2.05, 4.69) is 24.1 Å². The average molecular weight is 293 g/mol. The number of carboxylic acid groups (broad SMARTS) is 1. The lowest BCUT2D eigenvalue weighted by molar-refractivity contribution is -0.384. The van der Waals surface area contributed by atoms with Crippen molar-refractivity contribution in [2.24, 2.45) is 11.8 Å². The SMILES string of the molecule is CC1CCC(Nc2ncc(C(=O)O)cc2[N+](=O)[O-])C(C)C1. The molecule has 0 radical (unpaired) electrons. The number of carboxylic acids is 1. The maximum Gasteiger partial charge on any atom is 0.337 e. The van der Waals surface area contributed by atoms with Gasteiger partial charge in [-0.05, 0) is 31.1 Å². The van der Waals surface area contributed by atoms with Crippen LogP contribution < -0.4 is 5.32 Å². The molecule has 1 heterocycles. The molecule has 7 nitrogen and oxygen atoms in total. The van der Waals surface area contributed by atoms with Gasteiger partial charge in [-0.2, -0.15) is 0 Å². The molecule has 1 saturated carbocycles. The predicted molar refractivity (Wildman–Crippen MR) is 77.4 cm³/mol. The second kappa shape index (κ2) is 6.07. The van der Waals surface area contributed by atoms with E-state index in [0.29, 0.717) is 11.8 Å². The monoisotopic (exact) mass is 293 g/mol. The molecule has 2 N–H and O–H groups in total. The lowest BCUT2D eigenvalue weighted by Crippen LogP contribution is -2.33. The molecule has 1 aromatic rings. The van der Waals surface area contributed by atoms with Crippen LogP contribution in [0.15, 0.2) is 12.3 Å². The zero-order chi connectivity index (χ0) is 15.6. The smallest absolute Gasteiger partial charge is 0.337 e. The summed E-state index contributed by atoms with van der Waals surface area (Å²) < 4.78 is 0. The van der Waals surface area contributed by atoms with Crippen molar-refractivity contribution in [1.82, 2.24) is 4.98 Å². The van der Waals surface area contributed by atoms with Crippen LogP contribution in [0.3, 0.4) is 0 Å². The van der Waals surface area contributed by atoms with Crippen LogP contribution in [-0.2, 0) is 0 Å². The fourth-order valence-corrected chi connectivity index (χ4v) is 2.88. The highest BCUT2D eigenvalue weighted by atomic mass is 16.6. The summed E-state index contributed by atoms with van der Waals surface area (Å²) in [6.45, 7) is 4.32. The number of nitrogens with one attached hydrogen (secondary N) is 1. The molecule has 1 fully saturated rings. The molecule has 1 aromatic heterocycles. The topological polar surface area (TPSA) is 105 Å². The highest BCUT2D eigenvalue weighted by Crippen LogP contribution is 2.32. The first-order valence-corrected chi connectivity index (χ1v) is 7.02. The maximum atomic E-state index is 11.1. The number of nitrogens with zero attached hydrogens (tertiary/aromatic N) is 2. The molecule has 3 unspecified atom stereocenters. The zero-order valence-corrected chi connectivity index (χ0v) is 12.1. The van der Waals surface area contributed by atoms with Crippen molar-refractivity contribution in [3.05, 3.63) is 27.9 Å². The lowest BCUT2D eigenvalue weighted by Gasteiger charge is -2.33. The molecule has 0 amide bonds. The molecule has 1 aliphatic carbocycles. The molecule has 0 aromatic carbocycles. The van der Waals surface area contributed by atoms with Gasteiger partial charge in [0.05, 0.1) is 10.5 Å². The van der Waals surface area contributed by atoms with Crippen molar-refractivity contribution in [2.45, 2.75) is 39.2 Å². The predicted octanol–water partition coefficient (Wildman–Crippen LogP) is 2.92. The number of carbonyl (C=O) groups is 1. The quantitative estimate of drug-likeness (QED) is 0.653. The molecule has 7 heteroatoms. The Morgan fingerprint density at radius 2 is 2.19 bits per heavy atom. The van der Waals surface area contributed by atoms with E-state index in [1.54, 1.807) is 0 Å². The van der Waals surface area contributed by atoms with Gasteiger partial charge in [0.25, 0.3) is 0 Å². The maximum absolute atomic E-state index is 11.1. The van der Waals surface area contributed by atoms with Crippen molar-refractivity contribution in [3.8, 4) is 0 Å². The first kappa shape index (κ1) is 15.2. The van der Waals surface area contributed by atoms with Gasteiger partial charge in [-0.25, -0.2) is 9.78 Å². The minimum atomic E-state index is -1.22. The minimum absolute atomic E-state index is 0.128. The van der Waals surface area contributed by atoms with E-state index in [0.717, 1.165) is 31.5 Å². The summed E-state index contributed by atoms with van der Waals surface area (Å²) >= 11 is 0. The first-order chi connectivity index (χ1) is 9.88. The molecule has 3 atom stereocenters. The van der Waals surface area contributed by atoms with E-state index in [4.69, 9.17) is 5.11 Å². The lowest BCUT2D eigenvalue weighted by atomic mass is 9.80. The van der Waals surface area contributed by atoms with E-state index in [1.807, 2.05) is 0 Å². The Morgan fingerprint density at radius 1 is 1.48 bits per heavy atom. The minimum Gasteiger partial charge on any atom is -0.478 e. The molecule has 0 aliphatic heterocycles. The number of hydrogen-bond acceptors (Lipinski definition) is 5. The Balaban J connectivity index is 2.23. The molecule has 114 valence electrons. The molecule has 2 rings (SSSR count). The number of rotatable bonds is 4. The number of hydrogen-bond donors (Lipinski definition) is 2. The van der Waals surface area contributed by atoms with Gasteiger partial charge in [0, 0.05) is 18.3 Å². The Labute approximate surface area is 122 Å². The Hall–Kier alpha value is -2.18. The van der Waals surface area contributed by atoms with Gasteiger partial charge in [0.2, 0.25) is 5.82 Å². The Bertz CT molecular complexity index is 561. The summed E-state index contributed by atoms with van der Waals surface area (Å²) in [7, 11) is 0. The van der Waals surface area contributed by atoms with Crippen LogP contribution >= 0.6 is 0 Å². The van der Waals surface area contributed by atoms with Crippen molar-refractivity contribution < 1.29 is 14.8 Å². The summed E-state index contributed by atoms with van der Waals surface area (Å²) in [4.78, 5) is 25.3. The molecular weight excluding hydrogens is 274 g/mol.